The minimum absolute atomic E-state index is 0.0867. The van der Waals surface area contributed by atoms with Crippen LogP contribution in [-0.2, 0) is 10.0 Å². The van der Waals surface area contributed by atoms with Crippen LogP contribution in [0.4, 0.5) is 5.69 Å². The monoisotopic (exact) mass is 376 g/mol. The lowest BCUT2D eigenvalue weighted by molar-refractivity contribution is 0.392. The highest BCUT2D eigenvalue weighted by Gasteiger charge is 2.27. The molecule has 0 bridgehead atoms. The Bertz CT molecular complexity index is 840. The summed E-state index contributed by atoms with van der Waals surface area (Å²) in [6, 6.07) is 15.0. The molecule has 26 heavy (non-hydrogen) atoms. The predicted octanol–water partition coefficient (Wildman–Crippen LogP) is 2.65. The van der Waals surface area contributed by atoms with Crippen LogP contribution in [0.5, 0.6) is 11.5 Å². The van der Waals surface area contributed by atoms with Gasteiger partial charge in [-0.2, -0.15) is 0 Å². The first-order chi connectivity index (χ1) is 12.5. The van der Waals surface area contributed by atoms with E-state index in [2.05, 4.69) is 21.8 Å². The number of anilines is 1. The molecule has 0 saturated carbocycles. The molecular weight excluding hydrogens is 352 g/mol. The van der Waals surface area contributed by atoms with Gasteiger partial charge in [0, 0.05) is 30.9 Å². The molecule has 1 aliphatic heterocycles. The second kappa shape index (κ2) is 7.97. The molecule has 7 heteroatoms. The van der Waals surface area contributed by atoms with Crippen molar-refractivity contribution in [3.8, 4) is 11.5 Å². The SMILES string of the molecule is COc1ccc(OC)c(S(=O)(=O)NCC2CCCN2c2ccccc2)c1. The van der Waals surface area contributed by atoms with Gasteiger partial charge in [-0.05, 0) is 37.1 Å². The number of ether oxygens (including phenoxy) is 2. The summed E-state index contributed by atoms with van der Waals surface area (Å²) in [5.41, 5.74) is 1.12. The van der Waals surface area contributed by atoms with Crippen LogP contribution in [0.2, 0.25) is 0 Å². The van der Waals surface area contributed by atoms with Crippen LogP contribution in [0, 0.1) is 0 Å². The van der Waals surface area contributed by atoms with Crippen molar-refractivity contribution in [2.75, 3.05) is 32.2 Å². The summed E-state index contributed by atoms with van der Waals surface area (Å²) in [6.07, 6.45) is 2.00. The predicted molar refractivity (Wildman–Crippen MR) is 102 cm³/mol. The molecule has 0 spiro atoms. The Labute approximate surface area is 154 Å². The van der Waals surface area contributed by atoms with E-state index in [4.69, 9.17) is 9.47 Å². The largest absolute Gasteiger partial charge is 0.497 e. The van der Waals surface area contributed by atoms with Crippen molar-refractivity contribution in [3.05, 3.63) is 48.5 Å². The first kappa shape index (κ1) is 18.5. The number of sulfonamides is 1. The van der Waals surface area contributed by atoms with E-state index in [9.17, 15) is 8.42 Å². The van der Waals surface area contributed by atoms with E-state index >= 15 is 0 Å². The topological polar surface area (TPSA) is 67.9 Å². The molecular formula is C19H24N2O4S. The average molecular weight is 376 g/mol. The molecule has 2 aromatic carbocycles. The molecule has 3 rings (SSSR count). The van der Waals surface area contributed by atoms with Gasteiger partial charge in [0.15, 0.2) is 0 Å². The number of nitrogens with one attached hydrogen (secondary N) is 1. The maximum Gasteiger partial charge on any atom is 0.244 e. The standard InChI is InChI=1S/C19H24N2O4S/c1-24-17-10-11-18(25-2)19(13-17)26(22,23)20-14-16-9-6-12-21(16)15-7-4-3-5-8-15/h3-5,7-8,10-11,13,16,20H,6,9,12,14H2,1-2H3. The van der Waals surface area contributed by atoms with Crippen LogP contribution in [0.25, 0.3) is 0 Å². The molecule has 1 unspecified atom stereocenters. The lowest BCUT2D eigenvalue weighted by atomic mass is 10.2. The lowest BCUT2D eigenvalue weighted by Gasteiger charge is -2.27. The average Bonchev–Trinajstić information content (AvgIpc) is 3.15. The normalized spacial score (nSPS) is 17.3. The van der Waals surface area contributed by atoms with Gasteiger partial charge in [0.1, 0.15) is 16.4 Å². The van der Waals surface area contributed by atoms with Crippen molar-refractivity contribution in [1.29, 1.82) is 0 Å². The number of methoxy groups -OCH3 is 2. The highest BCUT2D eigenvalue weighted by atomic mass is 32.2. The van der Waals surface area contributed by atoms with Crippen LogP contribution in [-0.4, -0.2) is 41.8 Å². The molecule has 1 saturated heterocycles. The molecule has 1 aliphatic rings. The summed E-state index contributed by atoms with van der Waals surface area (Å²) in [6.45, 7) is 1.27. The van der Waals surface area contributed by atoms with E-state index < -0.39 is 10.0 Å². The van der Waals surface area contributed by atoms with E-state index in [-0.39, 0.29) is 10.9 Å². The number of para-hydroxylation sites is 1. The third kappa shape index (κ3) is 3.94. The molecule has 0 amide bonds. The number of hydrogen-bond acceptors (Lipinski definition) is 5. The van der Waals surface area contributed by atoms with Crippen molar-refractivity contribution in [2.24, 2.45) is 0 Å². The summed E-state index contributed by atoms with van der Waals surface area (Å²) in [5.74, 6) is 0.766. The van der Waals surface area contributed by atoms with Gasteiger partial charge in [-0.15, -0.1) is 0 Å². The first-order valence-electron chi connectivity index (χ1n) is 8.58. The quantitative estimate of drug-likeness (QED) is 0.805. The summed E-state index contributed by atoms with van der Waals surface area (Å²) in [5, 5.41) is 0. The van der Waals surface area contributed by atoms with Gasteiger partial charge < -0.3 is 14.4 Å². The van der Waals surface area contributed by atoms with E-state index in [1.165, 1.54) is 20.3 Å². The highest BCUT2D eigenvalue weighted by Crippen LogP contribution is 2.29. The van der Waals surface area contributed by atoms with Gasteiger partial charge in [0.05, 0.1) is 14.2 Å². The fraction of sp³-hybridized carbons (Fsp3) is 0.368. The Morgan fingerprint density at radius 2 is 1.88 bits per heavy atom. The zero-order valence-corrected chi connectivity index (χ0v) is 15.8. The van der Waals surface area contributed by atoms with Gasteiger partial charge in [-0.1, -0.05) is 18.2 Å². The summed E-state index contributed by atoms with van der Waals surface area (Å²) in [4.78, 5) is 2.34. The summed E-state index contributed by atoms with van der Waals surface area (Å²) >= 11 is 0. The Hall–Kier alpha value is -2.25. The number of rotatable bonds is 7. The second-order valence-corrected chi connectivity index (χ2v) is 7.93. The third-order valence-electron chi connectivity index (χ3n) is 4.63. The molecule has 6 nitrogen and oxygen atoms in total. The zero-order chi connectivity index (χ0) is 18.6. The van der Waals surface area contributed by atoms with E-state index in [0.29, 0.717) is 18.0 Å². The molecule has 1 heterocycles. The number of hydrogen-bond donors (Lipinski definition) is 1. The smallest absolute Gasteiger partial charge is 0.244 e. The van der Waals surface area contributed by atoms with Crippen LogP contribution in [0.15, 0.2) is 53.4 Å². The molecule has 1 N–H and O–H groups in total. The first-order valence-corrected chi connectivity index (χ1v) is 10.1. The second-order valence-electron chi connectivity index (χ2n) is 6.19. The van der Waals surface area contributed by atoms with E-state index in [0.717, 1.165) is 25.1 Å². The summed E-state index contributed by atoms with van der Waals surface area (Å²) in [7, 11) is -0.755. The van der Waals surface area contributed by atoms with Crippen LogP contribution in [0.3, 0.4) is 0 Å². The number of nitrogens with zero attached hydrogens (tertiary/aromatic N) is 1. The molecule has 1 atom stereocenters. The Morgan fingerprint density at radius 3 is 2.58 bits per heavy atom. The Kier molecular flexibility index (Phi) is 5.68. The van der Waals surface area contributed by atoms with Gasteiger partial charge in [0.2, 0.25) is 10.0 Å². The zero-order valence-electron chi connectivity index (χ0n) is 15.0. The highest BCUT2D eigenvalue weighted by molar-refractivity contribution is 7.89. The fourth-order valence-corrected chi connectivity index (χ4v) is 4.54. The Balaban J connectivity index is 1.76. The van der Waals surface area contributed by atoms with Crippen molar-refractivity contribution in [3.63, 3.8) is 0 Å². The maximum absolute atomic E-state index is 12.8. The molecule has 2 aromatic rings. The van der Waals surface area contributed by atoms with Crippen LogP contribution in [0.1, 0.15) is 12.8 Å². The minimum atomic E-state index is -3.71. The lowest BCUT2D eigenvalue weighted by Crippen LogP contribution is -2.40. The Morgan fingerprint density at radius 1 is 1.12 bits per heavy atom. The minimum Gasteiger partial charge on any atom is -0.497 e. The molecule has 0 radical (unpaired) electrons. The molecule has 140 valence electrons. The van der Waals surface area contributed by atoms with Crippen molar-refractivity contribution >= 4 is 15.7 Å². The summed E-state index contributed by atoms with van der Waals surface area (Å²) < 4.78 is 38.7. The molecule has 0 aromatic heterocycles. The molecule has 0 aliphatic carbocycles. The van der Waals surface area contributed by atoms with Gasteiger partial charge in [-0.25, -0.2) is 13.1 Å². The van der Waals surface area contributed by atoms with Crippen LogP contribution >= 0.6 is 0 Å². The van der Waals surface area contributed by atoms with Crippen molar-refractivity contribution in [2.45, 2.75) is 23.8 Å². The number of benzene rings is 2. The third-order valence-corrected chi connectivity index (χ3v) is 6.08. The van der Waals surface area contributed by atoms with E-state index in [1.54, 1.807) is 12.1 Å². The van der Waals surface area contributed by atoms with Crippen molar-refractivity contribution in [1.82, 2.24) is 4.72 Å². The maximum atomic E-state index is 12.8. The molecule has 1 fully saturated rings. The van der Waals surface area contributed by atoms with Crippen LogP contribution < -0.4 is 19.1 Å². The van der Waals surface area contributed by atoms with Gasteiger partial charge >= 0.3 is 0 Å². The van der Waals surface area contributed by atoms with E-state index in [1.807, 2.05) is 18.2 Å². The fourth-order valence-electron chi connectivity index (χ4n) is 3.28. The van der Waals surface area contributed by atoms with Gasteiger partial charge in [-0.3, -0.25) is 0 Å². The van der Waals surface area contributed by atoms with Gasteiger partial charge in [0.25, 0.3) is 0 Å². The van der Waals surface area contributed by atoms with Crippen molar-refractivity contribution < 1.29 is 17.9 Å².